The Morgan fingerprint density at radius 1 is 0.403 bits per heavy atom. The fourth-order valence-corrected chi connectivity index (χ4v) is 9.37. The van der Waals surface area contributed by atoms with Crippen LogP contribution >= 0.6 is 0 Å². The molecule has 0 saturated heterocycles. The van der Waals surface area contributed by atoms with Crippen LogP contribution < -0.4 is 4.90 Å². The molecule has 0 N–H and O–H groups in total. The predicted octanol–water partition coefficient (Wildman–Crippen LogP) is 14.3. The smallest absolute Gasteiger partial charge is 0.164 e. The number of fused-ring (bicyclic) bond motifs is 7. The molecule has 292 valence electrons. The number of hydrogen-bond acceptors (Lipinski definition) is 5. The second-order valence-electron chi connectivity index (χ2n) is 16.0. The lowest BCUT2D eigenvalue weighted by Crippen LogP contribution is -2.30. The molecule has 2 unspecified atom stereocenters. The molecule has 10 aromatic rings. The Morgan fingerprint density at radius 3 is 1.48 bits per heavy atom. The van der Waals surface area contributed by atoms with E-state index >= 15 is 0 Å². The van der Waals surface area contributed by atoms with Gasteiger partial charge in [0.05, 0.1) is 6.04 Å². The molecule has 2 atom stereocenters. The van der Waals surface area contributed by atoms with Gasteiger partial charge in [-0.25, -0.2) is 15.0 Å². The SMILES string of the molecule is C1=CC2C(c3ccccc3N2c2cccc(-c3ccccc3)c2)c2c1oc1cc(-c3nc(-c4cccc(-c5ccccc5)c4)nc(-c4cccc(-c5ccccc5)c4)n3)ccc21. The van der Waals surface area contributed by atoms with Gasteiger partial charge >= 0.3 is 0 Å². The van der Waals surface area contributed by atoms with Gasteiger partial charge in [0, 0.05) is 44.9 Å². The molecule has 0 radical (unpaired) electrons. The molecule has 0 amide bonds. The zero-order valence-corrected chi connectivity index (χ0v) is 33.6. The first-order valence-corrected chi connectivity index (χ1v) is 21.1. The fourth-order valence-electron chi connectivity index (χ4n) is 9.37. The maximum atomic E-state index is 6.78. The molecular weight excluding hydrogens is 757 g/mol. The lowest BCUT2D eigenvalue weighted by atomic mass is 9.82. The number of furan rings is 1. The molecule has 0 saturated carbocycles. The van der Waals surface area contributed by atoms with Gasteiger partial charge in [-0.3, -0.25) is 0 Å². The lowest BCUT2D eigenvalue weighted by molar-refractivity contribution is 0.584. The summed E-state index contributed by atoms with van der Waals surface area (Å²) in [6.45, 7) is 0. The molecule has 0 fully saturated rings. The molecule has 5 nitrogen and oxygen atoms in total. The van der Waals surface area contributed by atoms with Crippen LogP contribution in [0.1, 0.15) is 22.8 Å². The highest BCUT2D eigenvalue weighted by Gasteiger charge is 2.43. The average molecular weight is 795 g/mol. The lowest BCUT2D eigenvalue weighted by Gasteiger charge is -2.30. The summed E-state index contributed by atoms with van der Waals surface area (Å²) >= 11 is 0. The van der Waals surface area contributed by atoms with Gasteiger partial charge in [-0.15, -0.1) is 0 Å². The summed E-state index contributed by atoms with van der Waals surface area (Å²) in [7, 11) is 0. The van der Waals surface area contributed by atoms with E-state index in [1.54, 1.807) is 0 Å². The maximum Gasteiger partial charge on any atom is 0.164 e. The van der Waals surface area contributed by atoms with Gasteiger partial charge in [0.2, 0.25) is 0 Å². The van der Waals surface area contributed by atoms with Crippen molar-refractivity contribution in [3.63, 3.8) is 0 Å². The number of benzene rings is 8. The van der Waals surface area contributed by atoms with Crippen LogP contribution in [0.15, 0.2) is 217 Å². The van der Waals surface area contributed by atoms with E-state index in [9.17, 15) is 0 Å². The minimum Gasteiger partial charge on any atom is -0.456 e. The Labute approximate surface area is 360 Å². The van der Waals surface area contributed by atoms with Gasteiger partial charge in [0.25, 0.3) is 0 Å². The van der Waals surface area contributed by atoms with Crippen LogP contribution in [0.5, 0.6) is 0 Å². The van der Waals surface area contributed by atoms with Crippen LogP contribution in [-0.2, 0) is 0 Å². The first-order valence-electron chi connectivity index (χ1n) is 21.1. The molecule has 2 aromatic heterocycles. The van der Waals surface area contributed by atoms with Gasteiger partial charge in [-0.1, -0.05) is 176 Å². The largest absolute Gasteiger partial charge is 0.456 e. The minimum atomic E-state index is 0.0818. The topological polar surface area (TPSA) is 55.1 Å². The monoisotopic (exact) mass is 794 g/mol. The summed E-state index contributed by atoms with van der Waals surface area (Å²) in [6, 6.07) is 72.5. The van der Waals surface area contributed by atoms with E-state index in [-0.39, 0.29) is 12.0 Å². The van der Waals surface area contributed by atoms with E-state index in [1.165, 1.54) is 33.6 Å². The van der Waals surface area contributed by atoms with Gasteiger partial charge in [0.15, 0.2) is 17.5 Å². The molecular formula is C57H38N4O. The molecule has 3 heterocycles. The van der Waals surface area contributed by atoms with Crippen LogP contribution in [0.3, 0.4) is 0 Å². The van der Waals surface area contributed by atoms with Crippen LogP contribution in [-0.4, -0.2) is 21.0 Å². The second-order valence-corrected chi connectivity index (χ2v) is 16.0. The molecule has 12 rings (SSSR count). The summed E-state index contributed by atoms with van der Waals surface area (Å²) in [5, 5.41) is 1.10. The number of para-hydroxylation sites is 1. The second kappa shape index (κ2) is 14.8. The number of aromatic nitrogens is 3. The van der Waals surface area contributed by atoms with E-state index in [1.807, 2.05) is 12.1 Å². The third-order valence-corrected chi connectivity index (χ3v) is 12.3. The highest BCUT2D eigenvalue weighted by Crippen LogP contribution is 2.54. The van der Waals surface area contributed by atoms with Crippen molar-refractivity contribution in [3.05, 3.63) is 229 Å². The minimum absolute atomic E-state index is 0.0818. The summed E-state index contributed by atoms with van der Waals surface area (Å²) in [4.78, 5) is 18.0. The molecule has 0 bridgehead atoms. The molecule has 0 spiro atoms. The summed E-state index contributed by atoms with van der Waals surface area (Å²) in [5.41, 5.74) is 15.3. The van der Waals surface area contributed by atoms with Gasteiger partial charge in [-0.05, 0) is 81.4 Å². The van der Waals surface area contributed by atoms with E-state index < -0.39 is 0 Å². The van der Waals surface area contributed by atoms with Crippen molar-refractivity contribution in [1.29, 1.82) is 0 Å². The van der Waals surface area contributed by atoms with Crippen molar-refractivity contribution in [1.82, 2.24) is 15.0 Å². The third-order valence-electron chi connectivity index (χ3n) is 12.3. The Morgan fingerprint density at radius 2 is 0.887 bits per heavy atom. The number of hydrogen-bond donors (Lipinski definition) is 0. The van der Waals surface area contributed by atoms with Crippen molar-refractivity contribution in [2.75, 3.05) is 4.90 Å². The van der Waals surface area contributed by atoms with E-state index in [4.69, 9.17) is 19.4 Å². The standard InChI is InChI=1S/C57H38N4O/c1-4-15-37(16-5-1)40-21-12-24-43(33-40)55-58-56(44-25-13-22-41(34-44)38-17-6-2-7-18-38)60-57(59-55)45-29-30-48-52(36-45)62-51-32-31-50-53(54(48)51)47-27-10-11-28-49(47)61(50)46-26-14-23-42(35-46)39-19-8-3-9-20-39/h1-36,50,53H. The van der Waals surface area contributed by atoms with E-state index in [2.05, 4.69) is 211 Å². The third kappa shape index (κ3) is 6.22. The average Bonchev–Trinajstić information content (AvgIpc) is 3.90. The van der Waals surface area contributed by atoms with Crippen LogP contribution in [0.4, 0.5) is 11.4 Å². The first kappa shape index (κ1) is 35.8. The normalized spacial score (nSPS) is 15.0. The Kier molecular flexibility index (Phi) is 8.56. The van der Waals surface area contributed by atoms with Gasteiger partial charge in [0.1, 0.15) is 11.3 Å². The zero-order valence-electron chi connectivity index (χ0n) is 33.6. The van der Waals surface area contributed by atoms with Gasteiger partial charge < -0.3 is 9.32 Å². The van der Waals surface area contributed by atoms with Crippen LogP contribution in [0, 0.1) is 0 Å². The predicted molar refractivity (Wildman–Crippen MR) is 252 cm³/mol. The Bertz CT molecular complexity index is 3220. The zero-order chi connectivity index (χ0) is 41.0. The summed E-state index contributed by atoms with van der Waals surface area (Å²) in [6.07, 6.45) is 4.47. The molecule has 8 aromatic carbocycles. The summed E-state index contributed by atoms with van der Waals surface area (Å²) in [5.74, 6) is 2.78. The quantitative estimate of drug-likeness (QED) is 0.161. The van der Waals surface area contributed by atoms with Crippen molar-refractivity contribution < 1.29 is 4.42 Å². The van der Waals surface area contributed by atoms with E-state index in [0.717, 1.165) is 55.7 Å². The van der Waals surface area contributed by atoms with Crippen LogP contribution in [0.25, 0.3) is 84.6 Å². The molecule has 5 heteroatoms. The molecule has 1 aliphatic heterocycles. The summed E-state index contributed by atoms with van der Waals surface area (Å²) < 4.78 is 6.78. The fraction of sp³-hybridized carbons (Fsp3) is 0.0351. The van der Waals surface area contributed by atoms with Crippen molar-refractivity contribution in [3.8, 4) is 67.5 Å². The van der Waals surface area contributed by atoms with Gasteiger partial charge in [-0.2, -0.15) is 0 Å². The Balaban J connectivity index is 0.962. The number of anilines is 2. The number of nitrogens with zero attached hydrogens (tertiary/aromatic N) is 4. The van der Waals surface area contributed by atoms with Crippen molar-refractivity contribution in [2.45, 2.75) is 12.0 Å². The highest BCUT2D eigenvalue weighted by atomic mass is 16.3. The molecule has 1 aliphatic carbocycles. The maximum absolute atomic E-state index is 6.78. The molecule has 2 aliphatic rings. The Hall–Kier alpha value is -8.15. The first-order chi connectivity index (χ1) is 30.7. The highest BCUT2D eigenvalue weighted by molar-refractivity contribution is 5.92. The van der Waals surface area contributed by atoms with Crippen LogP contribution in [0.2, 0.25) is 0 Å². The number of rotatable bonds is 7. The molecule has 62 heavy (non-hydrogen) atoms. The van der Waals surface area contributed by atoms with Crippen molar-refractivity contribution in [2.24, 2.45) is 0 Å². The van der Waals surface area contributed by atoms with E-state index in [0.29, 0.717) is 17.5 Å². The van der Waals surface area contributed by atoms with Crippen molar-refractivity contribution >= 4 is 28.4 Å².